The van der Waals surface area contributed by atoms with Gasteiger partial charge in [-0.2, -0.15) is 0 Å². The van der Waals surface area contributed by atoms with Crippen LogP contribution in [0.3, 0.4) is 0 Å². The zero-order valence-corrected chi connectivity index (χ0v) is 8.55. The Labute approximate surface area is 88.1 Å². The Morgan fingerprint density at radius 2 is 2.07 bits per heavy atom. The highest BCUT2D eigenvalue weighted by Crippen LogP contribution is 2.52. The summed E-state index contributed by atoms with van der Waals surface area (Å²) in [5.41, 5.74) is 6.24. The fraction of sp³-hybridized carbons (Fsp3) is 0.364. The summed E-state index contributed by atoms with van der Waals surface area (Å²) in [5, 5.41) is 0.742. The van der Waals surface area contributed by atoms with Crippen molar-refractivity contribution in [1.29, 1.82) is 0 Å². The minimum atomic E-state index is -0.248. The first-order valence-electron chi connectivity index (χ1n) is 4.67. The van der Waals surface area contributed by atoms with Crippen molar-refractivity contribution in [3.05, 3.63) is 34.9 Å². The molecule has 1 aromatic carbocycles. The van der Waals surface area contributed by atoms with Crippen LogP contribution >= 0.6 is 11.6 Å². The third kappa shape index (κ3) is 1.62. The molecule has 0 heterocycles. The molecule has 0 bridgehead atoms. The fourth-order valence-corrected chi connectivity index (χ4v) is 2.25. The summed E-state index contributed by atoms with van der Waals surface area (Å²) in [4.78, 5) is 10.9. The van der Waals surface area contributed by atoms with Gasteiger partial charge >= 0.3 is 0 Å². The number of primary amides is 1. The molecule has 3 heteroatoms. The second-order valence-electron chi connectivity index (χ2n) is 3.90. The highest BCUT2D eigenvalue weighted by atomic mass is 35.5. The second kappa shape index (κ2) is 3.28. The SMILES string of the molecule is NC(=O)CC1(c2ccccc2Cl)CC1. The topological polar surface area (TPSA) is 43.1 Å². The third-order valence-corrected chi connectivity index (χ3v) is 3.14. The average Bonchev–Trinajstić information content (AvgIpc) is 2.85. The van der Waals surface area contributed by atoms with Crippen molar-refractivity contribution in [3.8, 4) is 0 Å². The van der Waals surface area contributed by atoms with Crippen LogP contribution in [0, 0.1) is 0 Å². The first-order valence-corrected chi connectivity index (χ1v) is 5.05. The predicted octanol–water partition coefficient (Wildman–Crippen LogP) is 2.25. The van der Waals surface area contributed by atoms with Crippen LogP contribution in [0.1, 0.15) is 24.8 Å². The van der Waals surface area contributed by atoms with Gasteiger partial charge in [0.1, 0.15) is 0 Å². The van der Waals surface area contributed by atoms with Gasteiger partial charge in [0.25, 0.3) is 0 Å². The smallest absolute Gasteiger partial charge is 0.218 e. The zero-order valence-electron chi connectivity index (χ0n) is 7.79. The van der Waals surface area contributed by atoms with Gasteiger partial charge in [0.15, 0.2) is 0 Å². The molecule has 2 nitrogen and oxygen atoms in total. The molecule has 0 atom stereocenters. The molecule has 2 N–H and O–H groups in total. The van der Waals surface area contributed by atoms with E-state index < -0.39 is 0 Å². The van der Waals surface area contributed by atoms with E-state index in [1.54, 1.807) is 0 Å². The lowest BCUT2D eigenvalue weighted by Crippen LogP contribution is -2.20. The number of halogens is 1. The number of carbonyl (C=O) groups excluding carboxylic acids is 1. The highest BCUT2D eigenvalue weighted by molar-refractivity contribution is 6.31. The molecular formula is C11H12ClNO. The van der Waals surface area contributed by atoms with Crippen molar-refractivity contribution in [2.75, 3.05) is 0 Å². The summed E-state index contributed by atoms with van der Waals surface area (Å²) in [6.45, 7) is 0. The molecule has 1 aliphatic rings. The maximum atomic E-state index is 10.9. The van der Waals surface area contributed by atoms with E-state index in [0.29, 0.717) is 6.42 Å². The molecule has 1 fully saturated rings. The Kier molecular flexibility index (Phi) is 2.23. The number of carbonyl (C=O) groups is 1. The van der Waals surface area contributed by atoms with E-state index in [1.165, 1.54) is 0 Å². The molecular weight excluding hydrogens is 198 g/mol. The van der Waals surface area contributed by atoms with Crippen LogP contribution in [-0.2, 0) is 10.2 Å². The van der Waals surface area contributed by atoms with E-state index in [1.807, 2.05) is 24.3 Å². The molecule has 0 aliphatic heterocycles. The van der Waals surface area contributed by atoms with Gasteiger partial charge in [0.2, 0.25) is 5.91 Å². The maximum Gasteiger partial charge on any atom is 0.218 e. The number of hydrogen-bond acceptors (Lipinski definition) is 1. The van der Waals surface area contributed by atoms with Gasteiger partial charge < -0.3 is 5.73 Å². The standard InChI is InChI=1S/C11H12ClNO/c12-9-4-2-1-3-8(9)11(5-6-11)7-10(13)14/h1-4H,5-7H2,(H2,13,14). The molecule has 0 radical (unpaired) electrons. The second-order valence-corrected chi connectivity index (χ2v) is 4.31. The van der Waals surface area contributed by atoms with Crippen LogP contribution in [0.4, 0.5) is 0 Å². The molecule has 1 saturated carbocycles. The van der Waals surface area contributed by atoms with Gasteiger partial charge in [0, 0.05) is 16.9 Å². The van der Waals surface area contributed by atoms with Crippen molar-refractivity contribution < 1.29 is 4.79 Å². The average molecular weight is 210 g/mol. The summed E-state index contributed by atoms with van der Waals surface area (Å²) in [6, 6.07) is 7.69. The molecule has 1 aromatic rings. The van der Waals surface area contributed by atoms with Gasteiger partial charge in [-0.15, -0.1) is 0 Å². The van der Waals surface area contributed by atoms with Crippen molar-refractivity contribution >= 4 is 17.5 Å². The lowest BCUT2D eigenvalue weighted by Gasteiger charge is -2.14. The van der Waals surface area contributed by atoms with Crippen LogP contribution in [-0.4, -0.2) is 5.91 Å². The Morgan fingerprint density at radius 1 is 1.43 bits per heavy atom. The minimum Gasteiger partial charge on any atom is -0.370 e. The van der Waals surface area contributed by atoms with Crippen LogP contribution in [0.2, 0.25) is 5.02 Å². The molecule has 0 unspecified atom stereocenters. The maximum absolute atomic E-state index is 10.9. The lowest BCUT2D eigenvalue weighted by atomic mass is 9.92. The molecule has 0 saturated heterocycles. The Bertz CT molecular complexity index is 371. The number of benzene rings is 1. The first kappa shape index (κ1) is 9.53. The first-order chi connectivity index (χ1) is 6.64. The Morgan fingerprint density at radius 3 is 2.57 bits per heavy atom. The monoisotopic (exact) mass is 209 g/mol. The van der Waals surface area contributed by atoms with Crippen molar-refractivity contribution in [1.82, 2.24) is 0 Å². The van der Waals surface area contributed by atoms with Crippen molar-refractivity contribution in [2.24, 2.45) is 5.73 Å². The molecule has 0 aromatic heterocycles. The van der Waals surface area contributed by atoms with Gasteiger partial charge in [-0.3, -0.25) is 4.79 Å². The zero-order chi connectivity index (χ0) is 10.2. The number of rotatable bonds is 3. The Balaban J connectivity index is 2.31. The summed E-state index contributed by atoms with van der Waals surface area (Å²) in [5.74, 6) is -0.248. The van der Waals surface area contributed by atoms with Gasteiger partial charge in [-0.25, -0.2) is 0 Å². The van der Waals surface area contributed by atoms with Crippen LogP contribution < -0.4 is 5.73 Å². The van der Waals surface area contributed by atoms with E-state index in [2.05, 4.69) is 0 Å². The normalized spacial score (nSPS) is 17.8. The lowest BCUT2D eigenvalue weighted by molar-refractivity contribution is -0.118. The van der Waals surface area contributed by atoms with Crippen LogP contribution in [0.15, 0.2) is 24.3 Å². The largest absolute Gasteiger partial charge is 0.370 e. The van der Waals surface area contributed by atoms with E-state index in [4.69, 9.17) is 17.3 Å². The van der Waals surface area contributed by atoms with Crippen LogP contribution in [0.5, 0.6) is 0 Å². The molecule has 2 rings (SSSR count). The number of amides is 1. The molecule has 14 heavy (non-hydrogen) atoms. The third-order valence-electron chi connectivity index (χ3n) is 2.81. The molecule has 0 spiro atoms. The molecule has 74 valence electrons. The Hall–Kier alpha value is -1.02. The van der Waals surface area contributed by atoms with E-state index in [9.17, 15) is 4.79 Å². The van der Waals surface area contributed by atoms with Gasteiger partial charge in [0.05, 0.1) is 0 Å². The number of hydrogen-bond donors (Lipinski definition) is 1. The molecule has 1 aliphatic carbocycles. The van der Waals surface area contributed by atoms with E-state index in [0.717, 1.165) is 23.4 Å². The highest BCUT2D eigenvalue weighted by Gasteiger charge is 2.46. The van der Waals surface area contributed by atoms with Crippen molar-refractivity contribution in [3.63, 3.8) is 0 Å². The number of nitrogens with two attached hydrogens (primary N) is 1. The minimum absolute atomic E-state index is 0.0514. The quantitative estimate of drug-likeness (QED) is 0.815. The fourth-order valence-electron chi connectivity index (χ4n) is 1.92. The summed E-state index contributed by atoms with van der Waals surface area (Å²) in [7, 11) is 0. The van der Waals surface area contributed by atoms with Crippen molar-refractivity contribution in [2.45, 2.75) is 24.7 Å². The van der Waals surface area contributed by atoms with Crippen LogP contribution in [0.25, 0.3) is 0 Å². The van der Waals surface area contributed by atoms with Gasteiger partial charge in [-0.05, 0) is 24.5 Å². The summed E-state index contributed by atoms with van der Waals surface area (Å²) >= 11 is 6.08. The van der Waals surface area contributed by atoms with E-state index in [-0.39, 0.29) is 11.3 Å². The molecule has 1 amide bonds. The summed E-state index contributed by atoms with van der Waals surface area (Å²) in [6.07, 6.45) is 2.44. The van der Waals surface area contributed by atoms with Gasteiger partial charge in [-0.1, -0.05) is 29.8 Å². The van der Waals surface area contributed by atoms with E-state index >= 15 is 0 Å². The predicted molar refractivity (Wildman–Crippen MR) is 56.2 cm³/mol. The summed E-state index contributed by atoms with van der Waals surface area (Å²) < 4.78 is 0.